The van der Waals surface area contributed by atoms with E-state index in [0.717, 1.165) is 28.4 Å². The van der Waals surface area contributed by atoms with Crippen molar-refractivity contribution < 1.29 is 4.39 Å². The summed E-state index contributed by atoms with van der Waals surface area (Å²) in [7, 11) is 0. The van der Waals surface area contributed by atoms with Crippen LogP contribution in [0.25, 0.3) is 27.8 Å². The van der Waals surface area contributed by atoms with Crippen molar-refractivity contribution in [1.29, 1.82) is 5.26 Å². The van der Waals surface area contributed by atoms with Crippen LogP contribution in [0.2, 0.25) is 0 Å². The molecule has 5 aromatic heterocycles. The van der Waals surface area contributed by atoms with Gasteiger partial charge in [-0.3, -0.25) is 4.98 Å². The number of hydrogen-bond acceptors (Lipinski definition) is 7. The second-order valence-electron chi connectivity index (χ2n) is 7.72. The van der Waals surface area contributed by atoms with Gasteiger partial charge in [0, 0.05) is 47.0 Å². The molecular formula is C24H21FN8S. The normalized spacial score (nSPS) is 13.4. The lowest BCUT2D eigenvalue weighted by molar-refractivity contribution is 0.520. The van der Waals surface area contributed by atoms with Gasteiger partial charge in [0.15, 0.2) is 11.5 Å². The first-order valence-electron chi connectivity index (χ1n) is 10.9. The molecule has 5 aromatic rings. The zero-order valence-corrected chi connectivity index (χ0v) is 19.0. The van der Waals surface area contributed by atoms with E-state index in [9.17, 15) is 9.65 Å². The molecular weight excluding hydrogens is 451 g/mol. The molecule has 6 rings (SSSR count). The highest BCUT2D eigenvalue weighted by atomic mass is 32.2. The van der Waals surface area contributed by atoms with Gasteiger partial charge in [-0.15, -0.1) is 0 Å². The van der Waals surface area contributed by atoms with Crippen molar-refractivity contribution in [3.63, 3.8) is 0 Å². The van der Waals surface area contributed by atoms with Crippen LogP contribution in [0, 0.1) is 17.1 Å². The SMILES string of the molecule is C1CCNCC1.N#Cc1cnn2cc(-c3c[nH]c4nccnc34)cc(Sc3ncccc3F)c12. The van der Waals surface area contributed by atoms with E-state index in [1.165, 1.54) is 56.9 Å². The number of rotatable bonds is 3. The van der Waals surface area contributed by atoms with Crippen LogP contribution in [-0.4, -0.2) is 42.6 Å². The number of hydrogen-bond donors (Lipinski definition) is 2. The largest absolute Gasteiger partial charge is 0.344 e. The summed E-state index contributed by atoms with van der Waals surface area (Å²) in [5.41, 5.74) is 4.04. The Morgan fingerprint density at radius 3 is 2.68 bits per heavy atom. The Kier molecular flexibility index (Phi) is 6.46. The average Bonchev–Trinajstić information content (AvgIpc) is 3.51. The van der Waals surface area contributed by atoms with Crippen molar-refractivity contribution in [2.24, 2.45) is 0 Å². The minimum absolute atomic E-state index is 0.227. The number of fused-ring (bicyclic) bond motifs is 2. The van der Waals surface area contributed by atoms with E-state index < -0.39 is 5.82 Å². The molecule has 2 N–H and O–H groups in total. The predicted octanol–water partition coefficient (Wildman–Crippen LogP) is 4.59. The monoisotopic (exact) mass is 472 g/mol. The first-order chi connectivity index (χ1) is 16.7. The molecule has 10 heteroatoms. The van der Waals surface area contributed by atoms with E-state index in [1.807, 2.05) is 18.5 Å². The second-order valence-corrected chi connectivity index (χ2v) is 8.75. The summed E-state index contributed by atoms with van der Waals surface area (Å²) in [6.07, 6.45) is 14.1. The van der Waals surface area contributed by atoms with E-state index in [0.29, 0.717) is 21.6 Å². The van der Waals surface area contributed by atoms with E-state index >= 15 is 0 Å². The molecule has 6 heterocycles. The van der Waals surface area contributed by atoms with Gasteiger partial charge < -0.3 is 10.3 Å². The van der Waals surface area contributed by atoms with Crippen LogP contribution < -0.4 is 5.32 Å². The maximum Gasteiger partial charge on any atom is 0.156 e. The zero-order chi connectivity index (χ0) is 23.3. The molecule has 8 nitrogen and oxygen atoms in total. The third kappa shape index (κ3) is 4.48. The lowest BCUT2D eigenvalue weighted by Gasteiger charge is -2.08. The summed E-state index contributed by atoms with van der Waals surface area (Å²) in [5.74, 6) is -0.424. The highest BCUT2D eigenvalue weighted by Gasteiger charge is 2.17. The van der Waals surface area contributed by atoms with Crippen LogP contribution >= 0.6 is 11.8 Å². The Balaban J connectivity index is 0.000000351. The fourth-order valence-electron chi connectivity index (χ4n) is 3.81. The molecule has 1 aliphatic heterocycles. The van der Waals surface area contributed by atoms with Crippen LogP contribution in [0.15, 0.2) is 65.3 Å². The molecule has 0 atom stereocenters. The van der Waals surface area contributed by atoms with Gasteiger partial charge in [-0.25, -0.2) is 18.9 Å². The van der Waals surface area contributed by atoms with Gasteiger partial charge in [0.05, 0.1) is 17.3 Å². The maximum atomic E-state index is 14.2. The highest BCUT2D eigenvalue weighted by molar-refractivity contribution is 7.99. The topological polar surface area (TPSA) is 108 Å². The van der Waals surface area contributed by atoms with Gasteiger partial charge in [-0.05, 0) is 44.1 Å². The molecule has 0 spiro atoms. The lowest BCUT2D eigenvalue weighted by atomic mass is 10.1. The van der Waals surface area contributed by atoms with Crippen molar-refractivity contribution in [3.05, 3.63) is 66.8 Å². The highest BCUT2D eigenvalue weighted by Crippen LogP contribution is 2.36. The Morgan fingerprint density at radius 2 is 1.94 bits per heavy atom. The minimum atomic E-state index is -0.424. The maximum absolute atomic E-state index is 14.2. The van der Waals surface area contributed by atoms with Gasteiger partial charge in [-0.1, -0.05) is 18.2 Å². The number of pyridine rings is 2. The van der Waals surface area contributed by atoms with E-state index in [1.54, 1.807) is 16.9 Å². The van der Waals surface area contributed by atoms with Crippen molar-refractivity contribution in [2.45, 2.75) is 29.2 Å². The number of halogens is 1. The number of nitriles is 1. The Hall–Kier alpha value is -3.81. The van der Waals surface area contributed by atoms with Crippen molar-refractivity contribution in [2.75, 3.05) is 13.1 Å². The van der Waals surface area contributed by atoms with E-state index in [-0.39, 0.29) is 5.03 Å². The fraction of sp³-hybridized carbons (Fsp3) is 0.208. The summed E-state index contributed by atoms with van der Waals surface area (Å²) >= 11 is 1.15. The van der Waals surface area contributed by atoms with E-state index in [4.69, 9.17) is 0 Å². The molecule has 0 radical (unpaired) electrons. The molecule has 170 valence electrons. The zero-order valence-electron chi connectivity index (χ0n) is 18.2. The Labute approximate surface area is 199 Å². The molecule has 34 heavy (non-hydrogen) atoms. The number of aromatic nitrogens is 6. The molecule has 0 aromatic carbocycles. The van der Waals surface area contributed by atoms with Crippen LogP contribution in [-0.2, 0) is 0 Å². The molecule has 0 aliphatic carbocycles. The summed E-state index contributed by atoms with van der Waals surface area (Å²) in [5, 5.41) is 17.2. The average molecular weight is 473 g/mol. The summed E-state index contributed by atoms with van der Waals surface area (Å²) < 4.78 is 15.8. The second kappa shape index (κ2) is 9.99. The first kappa shape index (κ1) is 22.0. The van der Waals surface area contributed by atoms with Gasteiger partial charge >= 0.3 is 0 Å². The number of aromatic amines is 1. The molecule has 1 aliphatic rings. The number of piperidine rings is 1. The van der Waals surface area contributed by atoms with Crippen LogP contribution in [0.4, 0.5) is 4.39 Å². The van der Waals surface area contributed by atoms with Crippen molar-refractivity contribution >= 4 is 28.4 Å². The standard InChI is InChI=1S/C19H10FN7S.C5H11N/c20-14-2-1-3-24-19(14)28-15-6-11(10-27-17(15)12(7-21)8-26-27)13-9-25-18-16(13)22-4-5-23-18;1-2-4-6-5-3-1/h1-6,8-10H,(H,23,25);6H,1-5H2. The molecule has 0 saturated carbocycles. The van der Waals surface area contributed by atoms with Crippen LogP contribution in [0.3, 0.4) is 0 Å². The lowest BCUT2D eigenvalue weighted by Crippen LogP contribution is -2.21. The number of nitrogens with one attached hydrogen (secondary N) is 2. The van der Waals surface area contributed by atoms with Gasteiger partial charge in [0.2, 0.25) is 0 Å². The molecule has 0 unspecified atom stereocenters. The Bertz CT molecular complexity index is 1470. The summed E-state index contributed by atoms with van der Waals surface area (Å²) in [6, 6.07) is 6.91. The molecule has 1 fully saturated rings. The van der Waals surface area contributed by atoms with Gasteiger partial charge in [-0.2, -0.15) is 10.4 Å². The van der Waals surface area contributed by atoms with Crippen LogP contribution in [0.1, 0.15) is 24.8 Å². The number of H-pyrrole nitrogens is 1. The smallest absolute Gasteiger partial charge is 0.156 e. The van der Waals surface area contributed by atoms with E-state index in [2.05, 4.69) is 36.4 Å². The van der Waals surface area contributed by atoms with Gasteiger partial charge in [0.25, 0.3) is 0 Å². The molecule has 0 amide bonds. The quantitative estimate of drug-likeness (QED) is 0.395. The van der Waals surface area contributed by atoms with Crippen LogP contribution in [0.5, 0.6) is 0 Å². The summed E-state index contributed by atoms with van der Waals surface area (Å²) in [6.45, 7) is 2.50. The van der Waals surface area contributed by atoms with Crippen molar-refractivity contribution in [3.8, 4) is 17.2 Å². The molecule has 0 bridgehead atoms. The third-order valence-corrected chi connectivity index (χ3v) is 6.48. The Morgan fingerprint density at radius 1 is 1.09 bits per heavy atom. The summed E-state index contributed by atoms with van der Waals surface area (Å²) in [4.78, 5) is 16.5. The predicted molar refractivity (Wildman–Crippen MR) is 128 cm³/mol. The van der Waals surface area contributed by atoms with Gasteiger partial charge in [0.1, 0.15) is 16.6 Å². The number of nitrogens with zero attached hydrogens (tertiary/aromatic N) is 6. The van der Waals surface area contributed by atoms with Crippen molar-refractivity contribution in [1.82, 2.24) is 34.9 Å². The fourth-order valence-corrected chi connectivity index (χ4v) is 4.79. The molecule has 1 saturated heterocycles. The first-order valence-corrected chi connectivity index (χ1v) is 11.8. The minimum Gasteiger partial charge on any atom is -0.344 e. The third-order valence-electron chi connectivity index (χ3n) is 5.45.